The number of rotatable bonds is 10. The molecule has 0 saturated carbocycles. The first kappa shape index (κ1) is 18.9. The Kier molecular flexibility index (Phi) is 7.66. The SMILES string of the molecule is CC(C)OCCOC[C@@H](O)CN(C)Cc1cccc2ccccc12. The standard InChI is InChI=1S/C20H29NO3/c1-16(2)24-12-11-23-15-19(22)14-21(3)13-18-9-6-8-17-7-4-5-10-20(17)18/h4-10,16,19,22H,11-15H2,1-3H3/t19-/m0/s1. The lowest BCUT2D eigenvalue weighted by atomic mass is 10.0. The highest BCUT2D eigenvalue weighted by Gasteiger charge is 2.10. The Morgan fingerprint density at radius 3 is 2.58 bits per heavy atom. The minimum absolute atomic E-state index is 0.213. The van der Waals surface area contributed by atoms with Gasteiger partial charge in [-0.05, 0) is 37.2 Å². The van der Waals surface area contributed by atoms with Gasteiger partial charge >= 0.3 is 0 Å². The molecule has 0 amide bonds. The maximum absolute atomic E-state index is 10.1. The molecule has 0 aromatic heterocycles. The highest BCUT2D eigenvalue weighted by molar-refractivity contribution is 5.85. The summed E-state index contributed by atoms with van der Waals surface area (Å²) in [5.74, 6) is 0. The third-order valence-electron chi connectivity index (χ3n) is 3.83. The predicted molar refractivity (Wildman–Crippen MR) is 98.2 cm³/mol. The first-order valence-electron chi connectivity index (χ1n) is 8.59. The molecular weight excluding hydrogens is 302 g/mol. The number of ether oxygens (including phenoxy) is 2. The van der Waals surface area contributed by atoms with E-state index in [0.717, 1.165) is 6.54 Å². The molecule has 132 valence electrons. The van der Waals surface area contributed by atoms with Crippen molar-refractivity contribution < 1.29 is 14.6 Å². The van der Waals surface area contributed by atoms with Gasteiger partial charge in [-0.3, -0.25) is 4.90 Å². The van der Waals surface area contributed by atoms with Gasteiger partial charge in [0.05, 0.1) is 32.0 Å². The summed E-state index contributed by atoms with van der Waals surface area (Å²) in [6, 6.07) is 14.7. The molecule has 4 nitrogen and oxygen atoms in total. The number of benzene rings is 2. The summed E-state index contributed by atoms with van der Waals surface area (Å²) >= 11 is 0. The van der Waals surface area contributed by atoms with Crippen LogP contribution in [0.4, 0.5) is 0 Å². The van der Waals surface area contributed by atoms with Crippen LogP contribution < -0.4 is 0 Å². The Bertz CT molecular complexity index is 609. The maximum atomic E-state index is 10.1. The molecule has 0 aliphatic heterocycles. The Morgan fingerprint density at radius 1 is 1.04 bits per heavy atom. The fourth-order valence-corrected chi connectivity index (χ4v) is 2.76. The van der Waals surface area contributed by atoms with Crippen LogP contribution in [-0.4, -0.2) is 55.6 Å². The normalized spacial score (nSPS) is 13.1. The Morgan fingerprint density at radius 2 is 1.79 bits per heavy atom. The zero-order valence-electron chi connectivity index (χ0n) is 14.9. The van der Waals surface area contributed by atoms with Gasteiger partial charge in [0.25, 0.3) is 0 Å². The van der Waals surface area contributed by atoms with Crippen LogP contribution in [0, 0.1) is 0 Å². The lowest BCUT2D eigenvalue weighted by Gasteiger charge is -2.21. The lowest BCUT2D eigenvalue weighted by Crippen LogP contribution is -2.32. The summed E-state index contributed by atoms with van der Waals surface area (Å²) in [7, 11) is 2.02. The largest absolute Gasteiger partial charge is 0.389 e. The molecule has 0 heterocycles. The second kappa shape index (κ2) is 9.74. The van der Waals surface area contributed by atoms with E-state index in [4.69, 9.17) is 9.47 Å². The lowest BCUT2D eigenvalue weighted by molar-refractivity contribution is -0.0173. The molecule has 0 spiro atoms. The van der Waals surface area contributed by atoms with E-state index < -0.39 is 6.10 Å². The number of nitrogens with zero attached hydrogens (tertiary/aromatic N) is 1. The number of hydrogen-bond acceptors (Lipinski definition) is 4. The molecule has 0 bridgehead atoms. The van der Waals surface area contributed by atoms with E-state index in [-0.39, 0.29) is 6.10 Å². The van der Waals surface area contributed by atoms with Crippen molar-refractivity contribution in [2.45, 2.75) is 32.6 Å². The van der Waals surface area contributed by atoms with Gasteiger partial charge in [-0.2, -0.15) is 0 Å². The van der Waals surface area contributed by atoms with Gasteiger partial charge in [0.1, 0.15) is 0 Å². The van der Waals surface area contributed by atoms with Crippen molar-refractivity contribution in [3.8, 4) is 0 Å². The predicted octanol–water partition coefficient (Wildman–Crippen LogP) is 3.07. The molecule has 0 unspecified atom stereocenters. The average molecular weight is 331 g/mol. The molecular formula is C20H29NO3. The molecule has 1 N–H and O–H groups in total. The van der Waals surface area contributed by atoms with Gasteiger partial charge in [-0.1, -0.05) is 42.5 Å². The molecule has 24 heavy (non-hydrogen) atoms. The second-order valence-corrected chi connectivity index (χ2v) is 6.48. The van der Waals surface area contributed by atoms with E-state index in [1.54, 1.807) is 0 Å². The average Bonchev–Trinajstić information content (AvgIpc) is 2.54. The maximum Gasteiger partial charge on any atom is 0.0900 e. The van der Waals surface area contributed by atoms with Gasteiger partial charge in [-0.25, -0.2) is 0 Å². The number of fused-ring (bicyclic) bond motifs is 1. The fraction of sp³-hybridized carbons (Fsp3) is 0.500. The highest BCUT2D eigenvalue weighted by atomic mass is 16.5. The van der Waals surface area contributed by atoms with Crippen LogP contribution in [0.2, 0.25) is 0 Å². The van der Waals surface area contributed by atoms with Gasteiger partial charge in [0.2, 0.25) is 0 Å². The molecule has 0 saturated heterocycles. The van der Waals surface area contributed by atoms with Gasteiger partial charge in [0, 0.05) is 13.1 Å². The summed E-state index contributed by atoms with van der Waals surface area (Å²) in [4.78, 5) is 2.13. The Balaban J connectivity index is 1.77. The Labute approximate surface area is 145 Å². The Hall–Kier alpha value is -1.46. The number of likely N-dealkylation sites (N-methyl/N-ethyl adjacent to an activating group) is 1. The summed E-state index contributed by atoms with van der Waals surface area (Å²) in [6.45, 7) is 6.79. The molecule has 0 aliphatic carbocycles. The van der Waals surface area contributed by atoms with Crippen molar-refractivity contribution in [1.82, 2.24) is 4.90 Å². The molecule has 0 fully saturated rings. The van der Waals surface area contributed by atoms with E-state index in [1.165, 1.54) is 16.3 Å². The first-order valence-corrected chi connectivity index (χ1v) is 8.59. The van der Waals surface area contributed by atoms with Gasteiger partial charge < -0.3 is 14.6 Å². The molecule has 2 aromatic carbocycles. The fourth-order valence-electron chi connectivity index (χ4n) is 2.76. The molecule has 1 atom stereocenters. The first-order chi connectivity index (χ1) is 11.6. The van der Waals surface area contributed by atoms with Crippen LogP contribution in [0.3, 0.4) is 0 Å². The van der Waals surface area contributed by atoms with E-state index in [1.807, 2.05) is 20.9 Å². The van der Waals surface area contributed by atoms with E-state index in [9.17, 15) is 5.11 Å². The minimum Gasteiger partial charge on any atom is -0.389 e. The highest BCUT2D eigenvalue weighted by Crippen LogP contribution is 2.19. The smallest absolute Gasteiger partial charge is 0.0900 e. The molecule has 4 heteroatoms. The number of aliphatic hydroxyl groups is 1. The number of hydrogen-bond donors (Lipinski definition) is 1. The van der Waals surface area contributed by atoms with Crippen molar-refractivity contribution >= 4 is 10.8 Å². The quantitative estimate of drug-likeness (QED) is 0.680. The summed E-state index contributed by atoms with van der Waals surface area (Å²) in [5, 5.41) is 12.6. The zero-order valence-corrected chi connectivity index (χ0v) is 14.9. The van der Waals surface area contributed by atoms with Gasteiger partial charge in [0.15, 0.2) is 0 Å². The van der Waals surface area contributed by atoms with Crippen molar-refractivity contribution in [3.05, 3.63) is 48.0 Å². The van der Waals surface area contributed by atoms with Crippen LogP contribution >= 0.6 is 0 Å². The topological polar surface area (TPSA) is 41.9 Å². The van der Waals surface area contributed by atoms with E-state index in [2.05, 4.69) is 47.4 Å². The minimum atomic E-state index is -0.496. The van der Waals surface area contributed by atoms with Crippen molar-refractivity contribution in [1.29, 1.82) is 0 Å². The van der Waals surface area contributed by atoms with Crippen LogP contribution in [0.25, 0.3) is 10.8 Å². The third kappa shape index (κ3) is 6.21. The number of aliphatic hydroxyl groups excluding tert-OH is 1. The van der Waals surface area contributed by atoms with Crippen molar-refractivity contribution in [2.75, 3.05) is 33.4 Å². The summed E-state index contributed by atoms with van der Waals surface area (Å²) in [5.41, 5.74) is 1.27. The zero-order chi connectivity index (χ0) is 17.4. The third-order valence-corrected chi connectivity index (χ3v) is 3.83. The van der Waals surface area contributed by atoms with E-state index in [0.29, 0.717) is 26.4 Å². The van der Waals surface area contributed by atoms with Crippen molar-refractivity contribution in [3.63, 3.8) is 0 Å². The monoisotopic (exact) mass is 331 g/mol. The molecule has 2 rings (SSSR count). The van der Waals surface area contributed by atoms with Gasteiger partial charge in [-0.15, -0.1) is 0 Å². The van der Waals surface area contributed by atoms with Crippen molar-refractivity contribution in [2.24, 2.45) is 0 Å². The van der Waals surface area contributed by atoms with Crippen LogP contribution in [-0.2, 0) is 16.0 Å². The second-order valence-electron chi connectivity index (χ2n) is 6.48. The van der Waals surface area contributed by atoms with E-state index >= 15 is 0 Å². The van der Waals surface area contributed by atoms with Crippen LogP contribution in [0.5, 0.6) is 0 Å². The summed E-state index contributed by atoms with van der Waals surface area (Å²) in [6.07, 6.45) is -0.283. The van der Waals surface area contributed by atoms with Crippen LogP contribution in [0.1, 0.15) is 19.4 Å². The molecule has 0 radical (unpaired) electrons. The van der Waals surface area contributed by atoms with Crippen LogP contribution in [0.15, 0.2) is 42.5 Å². The molecule has 2 aromatic rings. The molecule has 0 aliphatic rings. The summed E-state index contributed by atoms with van der Waals surface area (Å²) < 4.78 is 10.9.